The summed E-state index contributed by atoms with van der Waals surface area (Å²) in [6.07, 6.45) is 0.711. The second-order valence-corrected chi connectivity index (χ2v) is 8.47. The van der Waals surface area contributed by atoms with Crippen LogP contribution in [0.2, 0.25) is 0 Å². The molecule has 8 heteroatoms. The van der Waals surface area contributed by atoms with E-state index in [4.69, 9.17) is 14.7 Å². The lowest BCUT2D eigenvalue weighted by Gasteiger charge is -2.42. The molecule has 0 saturated carbocycles. The van der Waals surface area contributed by atoms with E-state index in [1.54, 1.807) is 16.7 Å². The summed E-state index contributed by atoms with van der Waals surface area (Å²) in [7, 11) is 0. The van der Waals surface area contributed by atoms with Crippen molar-refractivity contribution in [2.45, 2.75) is 35.2 Å². The van der Waals surface area contributed by atoms with Crippen LogP contribution in [-0.4, -0.2) is 51.3 Å². The van der Waals surface area contributed by atoms with Gasteiger partial charge in [0, 0.05) is 5.75 Å². The Morgan fingerprint density at radius 1 is 1.42 bits per heavy atom. The highest BCUT2D eigenvalue weighted by Gasteiger charge is 2.66. The number of ether oxygens (including phenoxy) is 1. The second kappa shape index (κ2) is 6.25. The Labute approximate surface area is 148 Å². The summed E-state index contributed by atoms with van der Waals surface area (Å²) in [6.45, 7) is 0.767. The van der Waals surface area contributed by atoms with Crippen LogP contribution in [0.4, 0.5) is 0 Å². The molecule has 6 nitrogen and oxygen atoms in total. The fourth-order valence-corrected chi connectivity index (χ4v) is 6.23. The van der Waals surface area contributed by atoms with Crippen LogP contribution in [0.3, 0.4) is 0 Å². The number of nitrogens with zero attached hydrogens (tertiary/aromatic N) is 1. The zero-order chi connectivity index (χ0) is 16.7. The largest absolute Gasteiger partial charge is 0.459 e. The molecular formula is C16H18N2O4S2. The molecule has 4 rings (SSSR count). The van der Waals surface area contributed by atoms with E-state index in [0.717, 1.165) is 5.56 Å². The molecule has 3 saturated heterocycles. The molecular weight excluding hydrogens is 348 g/mol. The minimum atomic E-state index is -0.583. The smallest absolute Gasteiger partial charge is 0.330 e. The van der Waals surface area contributed by atoms with Crippen molar-refractivity contribution in [1.82, 2.24) is 4.90 Å². The van der Waals surface area contributed by atoms with Gasteiger partial charge in [0.25, 0.3) is 0 Å². The molecule has 1 amide bonds. The minimum Gasteiger partial charge on any atom is -0.459 e. The van der Waals surface area contributed by atoms with Gasteiger partial charge in [-0.25, -0.2) is 4.79 Å². The van der Waals surface area contributed by atoms with Gasteiger partial charge in [0.2, 0.25) is 5.91 Å². The number of β-lactam (4-membered cyclic amide) rings is 1. The summed E-state index contributed by atoms with van der Waals surface area (Å²) in [6, 6.07) is 8.43. The Bertz CT molecular complexity index is 651. The molecule has 3 heterocycles. The van der Waals surface area contributed by atoms with Crippen LogP contribution < -0.4 is 5.73 Å². The van der Waals surface area contributed by atoms with Gasteiger partial charge in [-0.1, -0.05) is 30.3 Å². The van der Waals surface area contributed by atoms with Crippen molar-refractivity contribution in [3.63, 3.8) is 0 Å². The highest BCUT2D eigenvalue weighted by atomic mass is 32.2. The first-order valence-electron chi connectivity index (χ1n) is 7.83. The average molecular weight is 366 g/mol. The third kappa shape index (κ3) is 2.52. The lowest BCUT2D eigenvalue weighted by molar-refractivity contribution is -0.164. The van der Waals surface area contributed by atoms with Crippen molar-refractivity contribution in [2.24, 2.45) is 5.73 Å². The number of carbonyl (C=O) groups excluding carboxylic acids is 2. The van der Waals surface area contributed by atoms with Gasteiger partial charge < -0.3 is 19.6 Å². The molecule has 0 bridgehead atoms. The van der Waals surface area contributed by atoms with Crippen LogP contribution in [0.25, 0.3) is 0 Å². The number of nitrogens with two attached hydrogens (primary N) is 1. The third-order valence-electron chi connectivity index (χ3n) is 4.70. The maximum absolute atomic E-state index is 12.8. The lowest BCUT2D eigenvalue weighted by atomic mass is 9.92. The number of benzene rings is 1. The summed E-state index contributed by atoms with van der Waals surface area (Å²) in [5, 5.41) is -0.134. The minimum absolute atomic E-state index is 0.134. The van der Waals surface area contributed by atoms with Gasteiger partial charge in [0.1, 0.15) is 24.1 Å². The number of thioether (sulfide) groups is 1. The molecule has 3 aliphatic rings. The molecule has 24 heavy (non-hydrogen) atoms. The fraction of sp³-hybridized carbons (Fsp3) is 0.500. The maximum Gasteiger partial charge on any atom is 0.330 e. The van der Waals surface area contributed by atoms with Crippen molar-refractivity contribution >= 4 is 35.7 Å². The molecule has 3 unspecified atom stereocenters. The summed E-state index contributed by atoms with van der Waals surface area (Å²) in [4.78, 5) is 26.6. The number of carbonyl (C=O) groups is 2. The predicted octanol–water partition coefficient (Wildman–Crippen LogP) is 1.15. The lowest BCUT2D eigenvalue weighted by Crippen LogP contribution is -2.69. The Morgan fingerprint density at radius 2 is 2.21 bits per heavy atom. The van der Waals surface area contributed by atoms with Gasteiger partial charge in [-0.05, 0) is 24.0 Å². The maximum atomic E-state index is 12.8. The van der Waals surface area contributed by atoms with Crippen molar-refractivity contribution in [2.75, 3.05) is 12.4 Å². The standard InChI is InChI=1S/C16H18N2O4S2/c17-11-13(19)18-12(15(20)21-8-10-4-2-1-3-5-10)16(24-14(11)18)6-7-22-23-9-16/h1-5,11-12,14H,6-9,17H2/t11?,12?,14-,16?/m0/s1. The van der Waals surface area contributed by atoms with Crippen LogP contribution in [0.15, 0.2) is 30.3 Å². The van der Waals surface area contributed by atoms with E-state index in [9.17, 15) is 9.59 Å². The highest BCUT2D eigenvalue weighted by Crippen LogP contribution is 2.55. The fourth-order valence-electron chi connectivity index (χ4n) is 3.40. The number of amides is 1. The van der Waals surface area contributed by atoms with E-state index >= 15 is 0 Å². The molecule has 0 radical (unpaired) electrons. The van der Waals surface area contributed by atoms with Gasteiger partial charge in [-0.2, -0.15) is 0 Å². The molecule has 0 aliphatic carbocycles. The average Bonchev–Trinajstić information content (AvgIpc) is 2.92. The molecule has 1 aromatic carbocycles. The van der Waals surface area contributed by atoms with Gasteiger partial charge >= 0.3 is 5.97 Å². The summed E-state index contributed by atoms with van der Waals surface area (Å²) in [5.41, 5.74) is 6.85. The molecule has 1 spiro atoms. The number of esters is 1. The highest BCUT2D eigenvalue weighted by molar-refractivity contribution is 8.03. The number of rotatable bonds is 3. The molecule has 128 valence electrons. The molecule has 3 fully saturated rings. The summed E-state index contributed by atoms with van der Waals surface area (Å²) in [5.74, 6) is 0.134. The van der Waals surface area contributed by atoms with Gasteiger partial charge in [0.05, 0.1) is 11.4 Å². The first-order valence-corrected chi connectivity index (χ1v) is 9.62. The van der Waals surface area contributed by atoms with Crippen molar-refractivity contribution in [3.05, 3.63) is 35.9 Å². The van der Waals surface area contributed by atoms with Gasteiger partial charge in [-0.3, -0.25) is 4.79 Å². The zero-order valence-electron chi connectivity index (χ0n) is 12.9. The van der Waals surface area contributed by atoms with E-state index in [0.29, 0.717) is 18.8 Å². The van der Waals surface area contributed by atoms with Crippen LogP contribution in [0.5, 0.6) is 0 Å². The van der Waals surface area contributed by atoms with Crippen LogP contribution >= 0.6 is 23.8 Å². The Hall–Kier alpha value is -1.22. The van der Waals surface area contributed by atoms with E-state index in [-0.39, 0.29) is 28.6 Å². The molecule has 3 aliphatic heterocycles. The Morgan fingerprint density at radius 3 is 2.92 bits per heavy atom. The van der Waals surface area contributed by atoms with E-state index in [2.05, 4.69) is 0 Å². The van der Waals surface area contributed by atoms with E-state index in [1.165, 1.54) is 12.0 Å². The topological polar surface area (TPSA) is 81.9 Å². The van der Waals surface area contributed by atoms with Gasteiger partial charge in [0.15, 0.2) is 0 Å². The van der Waals surface area contributed by atoms with Gasteiger partial charge in [-0.15, -0.1) is 11.8 Å². The molecule has 1 aromatic rings. The normalized spacial score (nSPS) is 34.8. The second-order valence-electron chi connectivity index (χ2n) is 6.17. The Kier molecular flexibility index (Phi) is 4.24. The first kappa shape index (κ1) is 16.3. The molecule has 4 atom stereocenters. The van der Waals surface area contributed by atoms with Crippen LogP contribution in [0.1, 0.15) is 12.0 Å². The summed E-state index contributed by atoms with van der Waals surface area (Å²) >= 11 is 2.99. The van der Waals surface area contributed by atoms with Crippen molar-refractivity contribution in [1.29, 1.82) is 0 Å². The molecule has 0 aromatic heterocycles. The first-order chi connectivity index (χ1) is 11.6. The number of hydrogen-bond acceptors (Lipinski definition) is 7. The quantitative estimate of drug-likeness (QED) is 0.488. The zero-order valence-corrected chi connectivity index (χ0v) is 14.6. The van der Waals surface area contributed by atoms with E-state index < -0.39 is 12.1 Å². The number of hydrogen-bond donors (Lipinski definition) is 1. The predicted molar refractivity (Wildman–Crippen MR) is 92.0 cm³/mol. The Balaban J connectivity index is 1.53. The third-order valence-corrected chi connectivity index (χ3v) is 7.65. The van der Waals surface area contributed by atoms with Crippen molar-refractivity contribution < 1.29 is 18.5 Å². The monoisotopic (exact) mass is 366 g/mol. The summed E-state index contributed by atoms with van der Waals surface area (Å²) < 4.78 is 10.5. The van der Waals surface area contributed by atoms with E-state index in [1.807, 2.05) is 30.3 Å². The SMILES string of the molecule is NC1C(=O)N2C(C(=O)OCc3ccccc3)C3(CCOSC3)S[C@@H]12. The molecule has 2 N–H and O–H groups in total. The van der Waals surface area contributed by atoms with Crippen LogP contribution in [0, 0.1) is 0 Å². The van der Waals surface area contributed by atoms with Crippen LogP contribution in [-0.2, 0) is 25.1 Å². The van der Waals surface area contributed by atoms with Crippen molar-refractivity contribution in [3.8, 4) is 0 Å². The number of fused-ring (bicyclic) bond motifs is 1.